The van der Waals surface area contributed by atoms with Crippen LogP contribution in [0.25, 0.3) is 0 Å². The minimum absolute atomic E-state index is 0.0417. The third-order valence-electron chi connectivity index (χ3n) is 5.63. The molecule has 0 saturated carbocycles. The van der Waals surface area contributed by atoms with E-state index in [0.29, 0.717) is 40.6 Å². The van der Waals surface area contributed by atoms with Gasteiger partial charge in [-0.25, -0.2) is 0 Å². The van der Waals surface area contributed by atoms with Gasteiger partial charge < -0.3 is 26.4 Å². The van der Waals surface area contributed by atoms with Crippen LogP contribution in [-0.4, -0.2) is 78.4 Å². The number of rotatable bonds is 9. The predicted octanol–water partition coefficient (Wildman–Crippen LogP) is 2.38. The van der Waals surface area contributed by atoms with E-state index in [1.165, 1.54) is 0 Å². The van der Waals surface area contributed by atoms with E-state index in [9.17, 15) is 9.59 Å². The minimum Gasteiger partial charge on any atom is -0.481 e. The molecule has 0 radical (unpaired) electrons. The molecule has 0 bridgehead atoms. The van der Waals surface area contributed by atoms with Crippen molar-refractivity contribution >= 4 is 40.7 Å². The summed E-state index contributed by atoms with van der Waals surface area (Å²) in [5.41, 5.74) is 7.67. The van der Waals surface area contributed by atoms with Crippen molar-refractivity contribution in [2.75, 3.05) is 50.4 Å². The molecule has 1 unspecified atom stereocenters. The number of halogens is 1. The van der Waals surface area contributed by atoms with E-state index in [2.05, 4.69) is 20.4 Å². The van der Waals surface area contributed by atoms with Gasteiger partial charge in [-0.15, -0.1) is 0 Å². The number of nitrogens with two attached hydrogens (primary N) is 1. The summed E-state index contributed by atoms with van der Waals surface area (Å²) in [6.07, 6.45) is 0.0945. The summed E-state index contributed by atoms with van der Waals surface area (Å²) in [5, 5.41) is 23.2. The molecule has 1 aliphatic heterocycles. The van der Waals surface area contributed by atoms with Gasteiger partial charge in [-0.05, 0) is 49.5 Å². The molecule has 2 aromatic carbocycles. The average Bonchev–Trinajstić information content (AvgIpc) is 2.77. The first-order chi connectivity index (χ1) is 15.7. The second-order valence-electron chi connectivity index (χ2n) is 8.11. The third kappa shape index (κ3) is 6.92. The highest BCUT2D eigenvalue weighted by molar-refractivity contribution is 6.31. The van der Waals surface area contributed by atoms with Gasteiger partial charge in [-0.2, -0.15) is 0 Å². The lowest BCUT2D eigenvalue weighted by Crippen LogP contribution is -2.54. The molecule has 176 valence electrons. The molecular formula is C23H29ClN6O3. The van der Waals surface area contributed by atoms with E-state index in [4.69, 9.17) is 27.9 Å². The normalized spacial score (nSPS) is 16.8. The van der Waals surface area contributed by atoms with Crippen molar-refractivity contribution < 1.29 is 14.7 Å². The van der Waals surface area contributed by atoms with Gasteiger partial charge in [0.25, 0.3) is 5.91 Å². The van der Waals surface area contributed by atoms with Gasteiger partial charge in [-0.1, -0.05) is 11.6 Å². The summed E-state index contributed by atoms with van der Waals surface area (Å²) >= 11 is 6.17. The molecule has 0 spiro atoms. The van der Waals surface area contributed by atoms with Crippen molar-refractivity contribution in [3.63, 3.8) is 0 Å². The van der Waals surface area contributed by atoms with Crippen molar-refractivity contribution in [2.45, 2.75) is 12.5 Å². The van der Waals surface area contributed by atoms with Gasteiger partial charge in [-0.3, -0.25) is 19.9 Å². The van der Waals surface area contributed by atoms with E-state index < -0.39 is 5.97 Å². The van der Waals surface area contributed by atoms with Crippen molar-refractivity contribution in [2.24, 2.45) is 5.73 Å². The third-order valence-corrected chi connectivity index (χ3v) is 5.86. The highest BCUT2D eigenvalue weighted by Crippen LogP contribution is 2.23. The Kier molecular flexibility index (Phi) is 8.26. The van der Waals surface area contributed by atoms with Crippen LogP contribution in [0.5, 0.6) is 0 Å². The number of hydrogen-bond acceptors (Lipinski definition) is 6. The van der Waals surface area contributed by atoms with Crippen LogP contribution >= 0.6 is 11.6 Å². The lowest BCUT2D eigenvalue weighted by molar-refractivity contribution is -0.137. The van der Waals surface area contributed by atoms with Crippen LogP contribution in [-0.2, 0) is 4.79 Å². The van der Waals surface area contributed by atoms with Crippen LogP contribution in [0.1, 0.15) is 22.3 Å². The number of carbonyl (C=O) groups excluding carboxylic acids is 1. The van der Waals surface area contributed by atoms with E-state index >= 15 is 0 Å². The number of nitrogens with zero attached hydrogens (tertiary/aromatic N) is 2. The van der Waals surface area contributed by atoms with Gasteiger partial charge in [0.2, 0.25) is 0 Å². The molecule has 1 aliphatic rings. The number of benzene rings is 2. The van der Waals surface area contributed by atoms with Crippen molar-refractivity contribution in [1.29, 1.82) is 5.41 Å². The molecule has 0 aromatic heterocycles. The maximum atomic E-state index is 13.0. The zero-order valence-electron chi connectivity index (χ0n) is 18.5. The monoisotopic (exact) mass is 472 g/mol. The summed E-state index contributed by atoms with van der Waals surface area (Å²) < 4.78 is 0. The maximum absolute atomic E-state index is 13.0. The zero-order valence-corrected chi connectivity index (χ0v) is 19.2. The van der Waals surface area contributed by atoms with Gasteiger partial charge in [0.05, 0.1) is 12.0 Å². The quantitative estimate of drug-likeness (QED) is 0.279. The molecular weight excluding hydrogens is 444 g/mol. The van der Waals surface area contributed by atoms with Crippen molar-refractivity contribution in [3.05, 3.63) is 58.6 Å². The summed E-state index contributed by atoms with van der Waals surface area (Å²) in [6.45, 7) is 3.51. The van der Waals surface area contributed by atoms with Crippen LogP contribution in [0.4, 0.5) is 11.4 Å². The molecule has 1 heterocycles. The Hall–Kier alpha value is -3.14. The lowest BCUT2D eigenvalue weighted by atomic mass is 10.1. The van der Waals surface area contributed by atoms with Gasteiger partial charge in [0.15, 0.2) is 0 Å². The molecule has 0 aliphatic carbocycles. The number of hydrogen-bond donors (Lipinski definition) is 5. The van der Waals surface area contributed by atoms with E-state index in [1.807, 2.05) is 7.05 Å². The second kappa shape index (κ2) is 11.1. The maximum Gasteiger partial charge on any atom is 0.304 e. The molecule has 9 nitrogen and oxygen atoms in total. The second-order valence-corrected chi connectivity index (χ2v) is 8.55. The molecule has 6 N–H and O–H groups in total. The molecule has 1 amide bonds. The van der Waals surface area contributed by atoms with Crippen LogP contribution in [0.2, 0.25) is 5.02 Å². The van der Waals surface area contributed by atoms with Crippen LogP contribution in [0.15, 0.2) is 42.5 Å². The fourth-order valence-corrected chi connectivity index (χ4v) is 3.97. The Morgan fingerprint density at radius 2 is 1.94 bits per heavy atom. The Morgan fingerprint density at radius 3 is 2.61 bits per heavy atom. The van der Waals surface area contributed by atoms with Gasteiger partial charge in [0.1, 0.15) is 5.84 Å². The Balaban J connectivity index is 1.71. The summed E-state index contributed by atoms with van der Waals surface area (Å²) in [5.74, 6) is -1.17. The lowest BCUT2D eigenvalue weighted by Gasteiger charge is -2.40. The number of carbonyl (C=O) groups is 2. The van der Waals surface area contributed by atoms with Gasteiger partial charge >= 0.3 is 5.97 Å². The number of nitrogen functional groups attached to an aromatic ring is 1. The zero-order chi connectivity index (χ0) is 24.0. The fraction of sp³-hybridized carbons (Fsp3) is 0.348. The van der Waals surface area contributed by atoms with E-state index in [-0.39, 0.29) is 24.2 Å². The number of nitrogens with one attached hydrogen (secondary N) is 3. The Labute approximate surface area is 198 Å². The first kappa shape index (κ1) is 24.5. The van der Waals surface area contributed by atoms with Crippen LogP contribution < -0.4 is 16.4 Å². The van der Waals surface area contributed by atoms with E-state index in [0.717, 1.165) is 19.6 Å². The number of amidine groups is 1. The van der Waals surface area contributed by atoms with Crippen molar-refractivity contribution in [3.8, 4) is 0 Å². The molecule has 33 heavy (non-hydrogen) atoms. The summed E-state index contributed by atoms with van der Waals surface area (Å²) in [6, 6.07) is 11.9. The topological polar surface area (TPSA) is 135 Å². The molecule has 2 aromatic rings. The molecule has 3 rings (SSSR count). The first-order valence-electron chi connectivity index (χ1n) is 10.7. The number of carboxylic acid groups (broad SMARTS) is 1. The number of likely N-dealkylation sites (N-methyl/N-ethyl adjacent to an activating group) is 1. The number of anilines is 2. The van der Waals surface area contributed by atoms with Crippen LogP contribution in [0.3, 0.4) is 0 Å². The SMILES string of the molecule is CN1CCN(CCC(=O)O)C(CNc2ccc(Cl)cc2C(=O)Nc2ccc(C(=N)N)cc2)C1. The average molecular weight is 473 g/mol. The number of piperazine rings is 1. The molecule has 1 atom stereocenters. The number of carboxylic acids is 1. The van der Waals surface area contributed by atoms with Crippen LogP contribution in [0, 0.1) is 5.41 Å². The smallest absolute Gasteiger partial charge is 0.304 e. The van der Waals surface area contributed by atoms with Gasteiger partial charge in [0, 0.05) is 60.7 Å². The highest BCUT2D eigenvalue weighted by Gasteiger charge is 2.26. The molecule has 1 fully saturated rings. The standard InChI is InChI=1S/C23H29ClN6O3/c1-29-10-11-30(9-8-21(31)32)18(14-29)13-27-20-7-4-16(24)12-19(20)23(33)28-17-5-2-15(3-6-17)22(25)26/h2-7,12,18,27H,8-11,13-14H2,1H3,(H3,25,26)(H,28,33)(H,31,32). The first-order valence-corrected chi connectivity index (χ1v) is 11.0. The Morgan fingerprint density at radius 1 is 1.21 bits per heavy atom. The Bertz CT molecular complexity index is 1010. The van der Waals surface area contributed by atoms with E-state index in [1.54, 1.807) is 42.5 Å². The fourth-order valence-electron chi connectivity index (χ4n) is 3.79. The van der Waals surface area contributed by atoms with Crippen molar-refractivity contribution in [1.82, 2.24) is 9.80 Å². The number of amides is 1. The predicted molar refractivity (Wildman–Crippen MR) is 130 cm³/mol. The summed E-state index contributed by atoms with van der Waals surface area (Å²) in [7, 11) is 2.04. The highest BCUT2D eigenvalue weighted by atomic mass is 35.5. The summed E-state index contributed by atoms with van der Waals surface area (Å²) in [4.78, 5) is 28.4. The minimum atomic E-state index is -0.811. The molecule has 10 heteroatoms. The largest absolute Gasteiger partial charge is 0.481 e. The molecule has 1 saturated heterocycles. The number of aliphatic carboxylic acids is 1.